The standard InChI is InChI=1S/C24H36N4O4/c1-13-17-9-18(22(30)11-21(17)29)14(2)27-7-8-28-16(4)20-10-19(23(31)12-24(20)32)15(3)26-6-5-25-13/h9-16,25-32H,5-8H2,1-4H3. The van der Waals surface area contributed by atoms with Crippen molar-refractivity contribution in [3.63, 3.8) is 0 Å². The molecule has 0 saturated heterocycles. The van der Waals surface area contributed by atoms with E-state index in [-0.39, 0.29) is 47.2 Å². The van der Waals surface area contributed by atoms with E-state index in [9.17, 15) is 20.4 Å². The molecule has 0 spiro atoms. The fourth-order valence-electron chi connectivity index (χ4n) is 4.20. The third-order valence-corrected chi connectivity index (χ3v) is 6.27. The summed E-state index contributed by atoms with van der Waals surface area (Å²) in [6.45, 7) is 10.4. The van der Waals surface area contributed by atoms with E-state index in [0.29, 0.717) is 26.2 Å². The second kappa shape index (κ2) is 10.4. The lowest BCUT2D eigenvalue weighted by molar-refractivity contribution is 0.414. The van der Waals surface area contributed by atoms with E-state index in [1.807, 2.05) is 39.8 Å². The van der Waals surface area contributed by atoms with Gasteiger partial charge in [-0.25, -0.2) is 0 Å². The fraction of sp³-hybridized carbons (Fsp3) is 0.500. The van der Waals surface area contributed by atoms with E-state index in [1.54, 1.807) is 0 Å². The first kappa shape index (κ1) is 24.1. The lowest BCUT2D eigenvalue weighted by atomic mass is 9.98. The van der Waals surface area contributed by atoms with Crippen LogP contribution in [-0.2, 0) is 0 Å². The zero-order valence-electron chi connectivity index (χ0n) is 19.2. The van der Waals surface area contributed by atoms with Crippen LogP contribution in [0.5, 0.6) is 23.0 Å². The number of phenols is 4. The van der Waals surface area contributed by atoms with E-state index >= 15 is 0 Å². The summed E-state index contributed by atoms with van der Waals surface area (Å²) in [4.78, 5) is 0. The summed E-state index contributed by atoms with van der Waals surface area (Å²) in [6.07, 6.45) is 0. The molecule has 0 aliphatic carbocycles. The van der Waals surface area contributed by atoms with E-state index in [1.165, 1.54) is 12.1 Å². The number of phenolic OH excluding ortho intramolecular Hbond substituents is 4. The van der Waals surface area contributed by atoms with E-state index < -0.39 is 0 Å². The van der Waals surface area contributed by atoms with Gasteiger partial charge in [-0.3, -0.25) is 0 Å². The smallest absolute Gasteiger partial charge is 0.124 e. The van der Waals surface area contributed by atoms with Gasteiger partial charge >= 0.3 is 0 Å². The van der Waals surface area contributed by atoms with Gasteiger partial charge < -0.3 is 41.7 Å². The maximum absolute atomic E-state index is 10.4. The Bertz CT molecular complexity index is 795. The van der Waals surface area contributed by atoms with E-state index in [4.69, 9.17) is 0 Å². The molecule has 2 aromatic carbocycles. The molecule has 2 aromatic rings. The summed E-state index contributed by atoms with van der Waals surface area (Å²) in [5, 5.41) is 55.0. The monoisotopic (exact) mass is 444 g/mol. The summed E-state index contributed by atoms with van der Waals surface area (Å²) in [5.74, 6) is 0.245. The Kier molecular flexibility index (Phi) is 7.84. The first-order chi connectivity index (χ1) is 15.2. The second-order valence-corrected chi connectivity index (χ2v) is 8.64. The molecule has 8 nitrogen and oxygen atoms in total. The highest BCUT2D eigenvalue weighted by Crippen LogP contribution is 2.36. The Hall–Kier alpha value is -2.52. The molecule has 4 bridgehead atoms. The van der Waals surface area contributed by atoms with Crippen LogP contribution >= 0.6 is 0 Å². The predicted octanol–water partition coefficient (Wildman–Crippen LogP) is 2.83. The summed E-state index contributed by atoms with van der Waals surface area (Å²) < 4.78 is 0. The molecule has 32 heavy (non-hydrogen) atoms. The van der Waals surface area contributed by atoms with Gasteiger partial charge in [-0.2, -0.15) is 0 Å². The molecule has 0 amide bonds. The molecule has 0 saturated carbocycles. The predicted molar refractivity (Wildman–Crippen MR) is 125 cm³/mol. The molecule has 0 fully saturated rings. The quantitative estimate of drug-likeness (QED) is 0.312. The van der Waals surface area contributed by atoms with Crippen molar-refractivity contribution >= 4 is 0 Å². The molecule has 1 aliphatic rings. The highest BCUT2D eigenvalue weighted by atomic mass is 16.3. The summed E-state index contributed by atoms with van der Waals surface area (Å²) in [6, 6.07) is 6.02. The molecule has 176 valence electrons. The zero-order valence-corrected chi connectivity index (χ0v) is 19.2. The van der Waals surface area contributed by atoms with Gasteiger partial charge in [-0.05, 0) is 39.8 Å². The normalized spacial score (nSPS) is 25.6. The Balaban J connectivity index is 1.86. The maximum atomic E-state index is 10.4. The van der Waals surface area contributed by atoms with Gasteiger partial charge in [0.05, 0.1) is 0 Å². The Morgan fingerprint density at radius 1 is 0.469 bits per heavy atom. The van der Waals surface area contributed by atoms with Gasteiger partial charge in [0, 0.05) is 84.7 Å². The lowest BCUT2D eigenvalue weighted by Crippen LogP contribution is -2.32. The zero-order chi connectivity index (χ0) is 23.4. The van der Waals surface area contributed by atoms with Crippen molar-refractivity contribution < 1.29 is 20.4 Å². The number of aromatic hydroxyl groups is 4. The number of fused-ring (bicyclic) bond motifs is 4. The Morgan fingerprint density at radius 3 is 0.906 bits per heavy atom. The third-order valence-electron chi connectivity index (χ3n) is 6.27. The topological polar surface area (TPSA) is 129 Å². The minimum absolute atomic E-state index is 0.0613. The van der Waals surface area contributed by atoms with Gasteiger partial charge in [-0.1, -0.05) is 0 Å². The molecule has 3 rings (SSSR count). The van der Waals surface area contributed by atoms with Crippen LogP contribution in [0.4, 0.5) is 0 Å². The van der Waals surface area contributed by atoms with Gasteiger partial charge in [-0.15, -0.1) is 0 Å². The summed E-state index contributed by atoms with van der Waals surface area (Å²) in [5.41, 5.74) is 2.92. The minimum atomic E-state index is -0.117. The molecule has 0 radical (unpaired) electrons. The van der Waals surface area contributed by atoms with E-state index in [0.717, 1.165) is 22.3 Å². The minimum Gasteiger partial charge on any atom is -0.507 e. The number of hydrogen-bond acceptors (Lipinski definition) is 8. The van der Waals surface area contributed by atoms with Crippen molar-refractivity contribution in [2.24, 2.45) is 0 Å². The molecule has 1 aliphatic heterocycles. The molecule has 8 heteroatoms. The van der Waals surface area contributed by atoms with Crippen LogP contribution in [0.15, 0.2) is 24.3 Å². The molecule has 4 atom stereocenters. The van der Waals surface area contributed by atoms with Crippen LogP contribution < -0.4 is 21.3 Å². The van der Waals surface area contributed by atoms with Crippen LogP contribution in [-0.4, -0.2) is 46.6 Å². The van der Waals surface area contributed by atoms with Gasteiger partial charge in [0.25, 0.3) is 0 Å². The molecule has 0 aromatic heterocycles. The lowest BCUT2D eigenvalue weighted by Gasteiger charge is -2.24. The highest BCUT2D eigenvalue weighted by Gasteiger charge is 2.20. The molecular weight excluding hydrogens is 408 g/mol. The molecule has 4 unspecified atom stereocenters. The average molecular weight is 445 g/mol. The van der Waals surface area contributed by atoms with E-state index in [2.05, 4.69) is 21.3 Å². The largest absolute Gasteiger partial charge is 0.507 e. The first-order valence-electron chi connectivity index (χ1n) is 11.2. The van der Waals surface area contributed by atoms with Crippen molar-refractivity contribution in [1.82, 2.24) is 21.3 Å². The van der Waals surface area contributed by atoms with Crippen molar-refractivity contribution in [1.29, 1.82) is 0 Å². The highest BCUT2D eigenvalue weighted by molar-refractivity contribution is 5.48. The van der Waals surface area contributed by atoms with Crippen LogP contribution in [0.25, 0.3) is 0 Å². The molecule has 8 N–H and O–H groups in total. The van der Waals surface area contributed by atoms with Gasteiger partial charge in [0.1, 0.15) is 23.0 Å². The first-order valence-corrected chi connectivity index (χ1v) is 11.2. The van der Waals surface area contributed by atoms with Crippen molar-refractivity contribution in [3.05, 3.63) is 46.5 Å². The third kappa shape index (κ3) is 5.45. The number of benzene rings is 2. The van der Waals surface area contributed by atoms with Crippen molar-refractivity contribution in [2.45, 2.75) is 51.9 Å². The summed E-state index contributed by atoms with van der Waals surface area (Å²) in [7, 11) is 0. The number of hydrogen-bond donors (Lipinski definition) is 8. The van der Waals surface area contributed by atoms with Crippen LogP contribution in [0, 0.1) is 0 Å². The van der Waals surface area contributed by atoms with Crippen LogP contribution in [0.1, 0.15) is 74.1 Å². The average Bonchev–Trinajstić information content (AvgIpc) is 2.73. The Labute approximate surface area is 189 Å². The molecular formula is C24H36N4O4. The SMILES string of the molecule is CC1NCCNC(C)c2cc(c(O)cc2O)C(C)NCCNC(C)c2cc1c(O)cc2O. The Morgan fingerprint density at radius 2 is 0.688 bits per heavy atom. The van der Waals surface area contributed by atoms with Gasteiger partial charge in [0.2, 0.25) is 0 Å². The number of rotatable bonds is 0. The van der Waals surface area contributed by atoms with Crippen LogP contribution in [0.3, 0.4) is 0 Å². The van der Waals surface area contributed by atoms with Crippen molar-refractivity contribution in [2.75, 3.05) is 26.2 Å². The fourth-order valence-corrected chi connectivity index (χ4v) is 4.20. The van der Waals surface area contributed by atoms with Gasteiger partial charge in [0.15, 0.2) is 0 Å². The summed E-state index contributed by atoms with van der Waals surface area (Å²) >= 11 is 0. The maximum Gasteiger partial charge on any atom is 0.124 e. The van der Waals surface area contributed by atoms with Crippen LogP contribution in [0.2, 0.25) is 0 Å². The second-order valence-electron chi connectivity index (χ2n) is 8.64. The number of nitrogens with one attached hydrogen (secondary N) is 4. The van der Waals surface area contributed by atoms with Crippen molar-refractivity contribution in [3.8, 4) is 23.0 Å². The molecule has 1 heterocycles.